The van der Waals surface area contributed by atoms with Gasteiger partial charge in [0, 0.05) is 28.6 Å². The van der Waals surface area contributed by atoms with Gasteiger partial charge in [-0.05, 0) is 38.1 Å². The zero-order valence-corrected chi connectivity index (χ0v) is 18.8. The third-order valence-electron chi connectivity index (χ3n) is 5.03. The Morgan fingerprint density at radius 1 is 1.06 bits per heavy atom. The Balaban J connectivity index is 1.67. The minimum absolute atomic E-state index is 0.526. The molecule has 0 N–H and O–H groups in total. The molecule has 0 fully saturated rings. The van der Waals surface area contributed by atoms with Crippen molar-refractivity contribution >= 4 is 11.8 Å². The highest BCUT2D eigenvalue weighted by atomic mass is 32.2. The van der Waals surface area contributed by atoms with E-state index in [1.807, 2.05) is 56.4 Å². The van der Waals surface area contributed by atoms with Crippen LogP contribution >= 0.6 is 11.8 Å². The molecule has 0 spiro atoms. The number of hydrogen-bond donors (Lipinski definition) is 0. The van der Waals surface area contributed by atoms with Gasteiger partial charge in [-0.1, -0.05) is 23.9 Å². The summed E-state index contributed by atoms with van der Waals surface area (Å²) in [7, 11) is 3.34. The minimum atomic E-state index is 0.526. The first-order valence-corrected chi connectivity index (χ1v) is 10.8. The van der Waals surface area contributed by atoms with Crippen LogP contribution in [0.1, 0.15) is 22.6 Å². The molecule has 1 aromatic carbocycles. The second-order valence-electron chi connectivity index (χ2n) is 7.04. The van der Waals surface area contributed by atoms with Crippen molar-refractivity contribution in [1.29, 1.82) is 0 Å². The first kappa shape index (κ1) is 21.0. The molecule has 4 rings (SSSR count). The van der Waals surface area contributed by atoms with Crippen molar-refractivity contribution < 1.29 is 13.9 Å². The van der Waals surface area contributed by atoms with Crippen molar-refractivity contribution in [1.82, 2.24) is 19.7 Å². The summed E-state index contributed by atoms with van der Waals surface area (Å²) in [6, 6.07) is 11.6. The van der Waals surface area contributed by atoms with Crippen molar-refractivity contribution in [3.8, 4) is 22.9 Å². The quantitative estimate of drug-likeness (QED) is 0.363. The average Bonchev–Trinajstić information content (AvgIpc) is 3.44. The SMILES string of the molecule is COc1cccc(-c2nnc(SCc3ncc(C)c(OC)c3C)n2Cc2ccco2)c1. The van der Waals surface area contributed by atoms with Crippen LogP contribution in [-0.2, 0) is 12.3 Å². The van der Waals surface area contributed by atoms with Crippen LogP contribution in [-0.4, -0.2) is 34.0 Å². The van der Waals surface area contributed by atoms with E-state index >= 15 is 0 Å². The van der Waals surface area contributed by atoms with Crippen LogP contribution in [0.3, 0.4) is 0 Å². The molecule has 8 heteroatoms. The van der Waals surface area contributed by atoms with E-state index in [1.165, 1.54) is 0 Å². The molecule has 7 nitrogen and oxygen atoms in total. The average molecular weight is 437 g/mol. The van der Waals surface area contributed by atoms with Crippen molar-refractivity contribution in [2.24, 2.45) is 0 Å². The summed E-state index contributed by atoms with van der Waals surface area (Å²) >= 11 is 1.59. The molecule has 0 aliphatic heterocycles. The molecule has 0 saturated carbocycles. The van der Waals surface area contributed by atoms with E-state index in [9.17, 15) is 0 Å². The molecule has 160 valence electrons. The monoisotopic (exact) mass is 436 g/mol. The maximum atomic E-state index is 5.58. The summed E-state index contributed by atoms with van der Waals surface area (Å²) in [4.78, 5) is 4.60. The number of pyridine rings is 1. The smallest absolute Gasteiger partial charge is 0.192 e. The maximum Gasteiger partial charge on any atom is 0.192 e. The standard InChI is InChI=1S/C23H24N4O3S/c1-15-12-24-20(16(2)21(15)29-4)14-31-23-26-25-22(17-7-5-8-18(11-17)28-3)27(23)13-19-9-6-10-30-19/h5-12H,13-14H2,1-4H3. The van der Waals surface area contributed by atoms with Crippen LogP contribution in [0.15, 0.2) is 58.4 Å². The lowest BCUT2D eigenvalue weighted by molar-refractivity contribution is 0.407. The van der Waals surface area contributed by atoms with Crippen molar-refractivity contribution in [2.45, 2.75) is 31.3 Å². The lowest BCUT2D eigenvalue weighted by atomic mass is 10.1. The Bertz CT molecular complexity index is 1170. The summed E-state index contributed by atoms with van der Waals surface area (Å²) in [5.74, 6) is 3.88. The Kier molecular flexibility index (Phi) is 6.27. The summed E-state index contributed by atoms with van der Waals surface area (Å²) in [5, 5.41) is 9.73. The van der Waals surface area contributed by atoms with Gasteiger partial charge in [0.15, 0.2) is 11.0 Å². The number of nitrogens with zero attached hydrogens (tertiary/aromatic N) is 4. The van der Waals surface area contributed by atoms with Gasteiger partial charge in [-0.25, -0.2) is 0 Å². The summed E-state index contributed by atoms with van der Waals surface area (Å²) in [6.45, 7) is 4.55. The van der Waals surface area contributed by atoms with Crippen LogP contribution < -0.4 is 9.47 Å². The number of rotatable bonds is 8. The fraction of sp³-hybridized carbons (Fsp3) is 0.261. The van der Waals surface area contributed by atoms with E-state index < -0.39 is 0 Å². The number of furan rings is 1. The van der Waals surface area contributed by atoms with Gasteiger partial charge in [-0.3, -0.25) is 9.55 Å². The van der Waals surface area contributed by atoms with E-state index in [4.69, 9.17) is 13.9 Å². The molecule has 0 bridgehead atoms. The summed E-state index contributed by atoms with van der Waals surface area (Å²) in [6.07, 6.45) is 3.51. The molecule has 0 radical (unpaired) electrons. The maximum absolute atomic E-state index is 5.58. The summed E-state index contributed by atoms with van der Waals surface area (Å²) in [5.41, 5.74) is 3.95. The van der Waals surface area contributed by atoms with Crippen molar-refractivity contribution in [3.05, 3.63) is 71.4 Å². The number of ether oxygens (including phenoxy) is 2. The van der Waals surface area contributed by atoms with Crippen LogP contribution in [0.4, 0.5) is 0 Å². The van der Waals surface area contributed by atoms with Gasteiger partial charge >= 0.3 is 0 Å². The van der Waals surface area contributed by atoms with E-state index in [-0.39, 0.29) is 0 Å². The second-order valence-corrected chi connectivity index (χ2v) is 7.98. The molecule has 0 aliphatic carbocycles. The van der Waals surface area contributed by atoms with Gasteiger partial charge < -0.3 is 13.9 Å². The minimum Gasteiger partial charge on any atom is -0.497 e. The molecular weight excluding hydrogens is 412 g/mol. The van der Waals surface area contributed by atoms with Crippen LogP contribution in [0, 0.1) is 13.8 Å². The Morgan fingerprint density at radius 3 is 2.68 bits per heavy atom. The molecule has 0 amide bonds. The predicted molar refractivity (Wildman–Crippen MR) is 120 cm³/mol. The fourth-order valence-electron chi connectivity index (χ4n) is 3.42. The number of hydrogen-bond acceptors (Lipinski definition) is 7. The first-order chi connectivity index (χ1) is 15.1. The van der Waals surface area contributed by atoms with Gasteiger partial charge in [-0.2, -0.15) is 0 Å². The molecule has 3 heterocycles. The largest absolute Gasteiger partial charge is 0.497 e. The van der Waals surface area contributed by atoms with Gasteiger partial charge in [0.1, 0.15) is 17.3 Å². The van der Waals surface area contributed by atoms with Crippen LogP contribution in [0.5, 0.6) is 11.5 Å². The first-order valence-electron chi connectivity index (χ1n) is 9.82. The molecule has 0 unspecified atom stereocenters. The number of methoxy groups -OCH3 is 2. The zero-order chi connectivity index (χ0) is 21.8. The fourth-order valence-corrected chi connectivity index (χ4v) is 4.38. The number of aryl methyl sites for hydroxylation is 1. The second kappa shape index (κ2) is 9.26. The van der Waals surface area contributed by atoms with E-state index in [1.54, 1.807) is 32.2 Å². The number of thioether (sulfide) groups is 1. The van der Waals surface area contributed by atoms with E-state index in [2.05, 4.69) is 19.7 Å². The van der Waals surface area contributed by atoms with Gasteiger partial charge in [0.2, 0.25) is 0 Å². The lowest BCUT2D eigenvalue weighted by Crippen LogP contribution is -2.04. The number of aromatic nitrogens is 4. The Morgan fingerprint density at radius 2 is 1.94 bits per heavy atom. The third kappa shape index (κ3) is 4.44. The van der Waals surface area contributed by atoms with E-state index in [0.29, 0.717) is 12.3 Å². The zero-order valence-electron chi connectivity index (χ0n) is 18.0. The van der Waals surface area contributed by atoms with Crippen LogP contribution in [0.25, 0.3) is 11.4 Å². The molecule has 0 saturated heterocycles. The molecule has 3 aromatic heterocycles. The van der Waals surface area contributed by atoms with Crippen molar-refractivity contribution in [3.63, 3.8) is 0 Å². The lowest BCUT2D eigenvalue weighted by Gasteiger charge is -2.12. The highest BCUT2D eigenvalue weighted by Gasteiger charge is 2.18. The third-order valence-corrected chi connectivity index (χ3v) is 6.00. The highest BCUT2D eigenvalue weighted by Crippen LogP contribution is 2.31. The van der Waals surface area contributed by atoms with Crippen LogP contribution in [0.2, 0.25) is 0 Å². The van der Waals surface area contributed by atoms with Gasteiger partial charge in [-0.15, -0.1) is 10.2 Å². The van der Waals surface area contributed by atoms with Crippen molar-refractivity contribution in [2.75, 3.05) is 14.2 Å². The molecule has 31 heavy (non-hydrogen) atoms. The molecule has 0 aliphatic rings. The topological polar surface area (TPSA) is 75.2 Å². The predicted octanol–water partition coefficient (Wildman–Crippen LogP) is 4.91. The highest BCUT2D eigenvalue weighted by molar-refractivity contribution is 7.98. The van der Waals surface area contributed by atoms with Gasteiger partial charge in [0.05, 0.1) is 32.7 Å². The van der Waals surface area contributed by atoms with E-state index in [0.717, 1.165) is 50.6 Å². The Labute approximate surface area is 185 Å². The Hall–Kier alpha value is -3.26. The molecule has 0 atom stereocenters. The molecular formula is C23H24N4O3S. The normalized spacial score (nSPS) is 11.0. The van der Waals surface area contributed by atoms with Gasteiger partial charge in [0.25, 0.3) is 0 Å². The molecule has 4 aromatic rings. The number of benzene rings is 1. The summed E-state index contributed by atoms with van der Waals surface area (Å²) < 4.78 is 18.6.